The molecular weight excluding hydrogens is 229 g/mol. The third kappa shape index (κ3) is 1.95. The number of halogens is 2. The lowest BCUT2D eigenvalue weighted by Gasteiger charge is -2.04. The summed E-state index contributed by atoms with van der Waals surface area (Å²) >= 11 is 5.90. The van der Waals surface area contributed by atoms with Crippen LogP contribution in [-0.2, 0) is 6.42 Å². The minimum absolute atomic E-state index is 0.196. The highest BCUT2D eigenvalue weighted by Gasteiger charge is 2.07. The number of rotatable bonds is 2. The Bertz CT molecular complexity index is 591. The van der Waals surface area contributed by atoms with Crippen LogP contribution in [0.4, 0.5) is 4.39 Å². The predicted molar refractivity (Wildman–Crippen MR) is 63.5 cm³/mol. The summed E-state index contributed by atoms with van der Waals surface area (Å²) in [5.74, 6) is -0.494. The van der Waals surface area contributed by atoms with E-state index in [1.807, 2.05) is 6.92 Å². The van der Waals surface area contributed by atoms with E-state index in [4.69, 9.17) is 11.6 Å². The van der Waals surface area contributed by atoms with E-state index in [2.05, 4.69) is 4.98 Å². The summed E-state index contributed by atoms with van der Waals surface area (Å²) in [6.45, 7) is 2.02. The second-order valence-corrected chi connectivity index (χ2v) is 4.13. The summed E-state index contributed by atoms with van der Waals surface area (Å²) in [6, 6.07) is 3.91. The zero-order chi connectivity index (χ0) is 11.7. The van der Waals surface area contributed by atoms with Crippen LogP contribution >= 0.6 is 11.6 Å². The van der Waals surface area contributed by atoms with Gasteiger partial charge < -0.3 is 4.98 Å². The molecule has 0 aliphatic carbocycles. The third-order valence-electron chi connectivity index (χ3n) is 2.43. The summed E-state index contributed by atoms with van der Waals surface area (Å²) in [4.78, 5) is 14.8. The van der Waals surface area contributed by atoms with Gasteiger partial charge in [-0.25, -0.2) is 4.39 Å². The van der Waals surface area contributed by atoms with Gasteiger partial charge in [-0.1, -0.05) is 24.9 Å². The number of aromatic nitrogens is 1. The fraction of sp³-hybridized carbons (Fsp3) is 0.250. The first-order valence-corrected chi connectivity index (χ1v) is 5.50. The molecule has 0 amide bonds. The van der Waals surface area contributed by atoms with Gasteiger partial charge in [-0.05, 0) is 18.6 Å². The van der Waals surface area contributed by atoms with Crippen molar-refractivity contribution in [1.29, 1.82) is 0 Å². The smallest absolute Gasteiger partial charge is 0.189 e. The lowest BCUT2D eigenvalue weighted by atomic mass is 10.1. The van der Waals surface area contributed by atoms with E-state index >= 15 is 0 Å². The molecular formula is C12H11ClFNO. The number of benzene rings is 1. The van der Waals surface area contributed by atoms with Gasteiger partial charge >= 0.3 is 0 Å². The molecule has 0 saturated carbocycles. The minimum atomic E-state index is -0.494. The second kappa shape index (κ2) is 4.26. The first kappa shape index (κ1) is 11.1. The molecule has 1 aromatic heterocycles. The van der Waals surface area contributed by atoms with Crippen LogP contribution in [0.5, 0.6) is 0 Å². The number of pyridine rings is 1. The van der Waals surface area contributed by atoms with Gasteiger partial charge in [0.2, 0.25) is 0 Å². The van der Waals surface area contributed by atoms with Crippen LogP contribution in [0.3, 0.4) is 0 Å². The molecule has 0 spiro atoms. The zero-order valence-electron chi connectivity index (χ0n) is 8.81. The Morgan fingerprint density at radius 1 is 1.38 bits per heavy atom. The quantitative estimate of drug-likeness (QED) is 0.857. The van der Waals surface area contributed by atoms with Crippen molar-refractivity contribution >= 4 is 22.5 Å². The van der Waals surface area contributed by atoms with Gasteiger partial charge in [0.05, 0.1) is 10.5 Å². The molecule has 84 valence electrons. The Hall–Kier alpha value is -1.35. The maximum Gasteiger partial charge on any atom is 0.189 e. The average molecular weight is 240 g/mol. The summed E-state index contributed by atoms with van der Waals surface area (Å²) in [7, 11) is 0. The molecule has 0 atom stereocenters. The van der Waals surface area contributed by atoms with E-state index in [1.165, 1.54) is 18.2 Å². The zero-order valence-corrected chi connectivity index (χ0v) is 9.57. The van der Waals surface area contributed by atoms with Crippen molar-refractivity contribution in [1.82, 2.24) is 4.98 Å². The molecule has 0 saturated heterocycles. The molecule has 2 nitrogen and oxygen atoms in total. The van der Waals surface area contributed by atoms with E-state index < -0.39 is 5.82 Å². The summed E-state index contributed by atoms with van der Waals surface area (Å²) in [5.41, 5.74) is 1.14. The van der Waals surface area contributed by atoms with Crippen LogP contribution in [0.2, 0.25) is 5.02 Å². The van der Waals surface area contributed by atoms with Crippen LogP contribution in [0.1, 0.15) is 19.0 Å². The molecule has 2 rings (SSSR count). The number of hydrogen-bond donors (Lipinski definition) is 1. The number of nitrogens with one attached hydrogen (secondary N) is 1. The number of fused-ring (bicyclic) bond motifs is 1. The van der Waals surface area contributed by atoms with E-state index in [1.54, 1.807) is 0 Å². The van der Waals surface area contributed by atoms with Crippen LogP contribution in [-0.4, -0.2) is 4.98 Å². The van der Waals surface area contributed by atoms with E-state index in [0.29, 0.717) is 10.9 Å². The Balaban J connectivity index is 2.77. The Morgan fingerprint density at radius 2 is 2.12 bits per heavy atom. The first-order valence-electron chi connectivity index (χ1n) is 5.12. The summed E-state index contributed by atoms with van der Waals surface area (Å²) in [5, 5.41) is 0.537. The normalized spacial score (nSPS) is 10.9. The highest BCUT2D eigenvalue weighted by Crippen LogP contribution is 2.21. The largest absolute Gasteiger partial charge is 0.357 e. The molecule has 16 heavy (non-hydrogen) atoms. The molecule has 2 aromatic rings. The maximum atomic E-state index is 13.1. The molecule has 0 bridgehead atoms. The van der Waals surface area contributed by atoms with Gasteiger partial charge in [0, 0.05) is 17.1 Å². The van der Waals surface area contributed by atoms with Crippen LogP contribution < -0.4 is 5.43 Å². The van der Waals surface area contributed by atoms with Crippen LogP contribution in [0.25, 0.3) is 10.9 Å². The molecule has 0 fully saturated rings. The lowest BCUT2D eigenvalue weighted by molar-refractivity contribution is 0.629. The lowest BCUT2D eigenvalue weighted by Crippen LogP contribution is -2.05. The highest BCUT2D eigenvalue weighted by molar-refractivity contribution is 6.35. The molecule has 1 heterocycles. The maximum absolute atomic E-state index is 13.1. The van der Waals surface area contributed by atoms with Gasteiger partial charge in [0.15, 0.2) is 5.43 Å². The fourth-order valence-corrected chi connectivity index (χ4v) is 1.98. The van der Waals surface area contributed by atoms with E-state index in [0.717, 1.165) is 18.5 Å². The van der Waals surface area contributed by atoms with Crippen LogP contribution in [0, 0.1) is 5.82 Å². The van der Waals surface area contributed by atoms with Gasteiger partial charge in [-0.15, -0.1) is 0 Å². The number of hydrogen-bond acceptors (Lipinski definition) is 1. The Kier molecular flexibility index (Phi) is 2.97. The number of H-pyrrole nitrogens is 1. The predicted octanol–water partition coefficient (Wildman–Crippen LogP) is 3.27. The molecule has 0 aliphatic heterocycles. The van der Waals surface area contributed by atoms with Gasteiger partial charge in [0.1, 0.15) is 5.82 Å². The molecule has 0 radical (unpaired) electrons. The highest BCUT2D eigenvalue weighted by atomic mass is 35.5. The Morgan fingerprint density at radius 3 is 2.81 bits per heavy atom. The van der Waals surface area contributed by atoms with Gasteiger partial charge in [0.25, 0.3) is 0 Å². The van der Waals surface area contributed by atoms with Crippen molar-refractivity contribution in [3.63, 3.8) is 0 Å². The monoisotopic (exact) mass is 239 g/mol. The second-order valence-electron chi connectivity index (χ2n) is 3.72. The average Bonchev–Trinajstić information content (AvgIpc) is 2.20. The molecule has 4 heteroatoms. The first-order chi connectivity index (χ1) is 7.61. The van der Waals surface area contributed by atoms with Gasteiger partial charge in [-0.2, -0.15) is 0 Å². The van der Waals surface area contributed by atoms with Crippen molar-refractivity contribution in [2.75, 3.05) is 0 Å². The molecule has 0 unspecified atom stereocenters. The molecule has 0 aliphatic rings. The van der Waals surface area contributed by atoms with E-state index in [9.17, 15) is 9.18 Å². The number of aryl methyl sites for hydroxylation is 1. The minimum Gasteiger partial charge on any atom is -0.357 e. The third-order valence-corrected chi connectivity index (χ3v) is 2.73. The van der Waals surface area contributed by atoms with Crippen molar-refractivity contribution in [2.45, 2.75) is 19.8 Å². The fourth-order valence-electron chi connectivity index (χ4n) is 1.73. The Labute approximate surface area is 97.1 Å². The molecule has 1 N–H and O–H groups in total. The van der Waals surface area contributed by atoms with Crippen molar-refractivity contribution in [3.8, 4) is 0 Å². The van der Waals surface area contributed by atoms with Crippen molar-refractivity contribution < 1.29 is 4.39 Å². The van der Waals surface area contributed by atoms with Crippen molar-refractivity contribution in [2.24, 2.45) is 0 Å². The topological polar surface area (TPSA) is 32.9 Å². The van der Waals surface area contributed by atoms with Crippen LogP contribution in [0.15, 0.2) is 23.0 Å². The van der Waals surface area contributed by atoms with Crippen molar-refractivity contribution in [3.05, 3.63) is 45.0 Å². The SMILES string of the molecule is CCCc1cc(=O)c2cc(F)cc(Cl)c2[nH]1. The molecule has 1 aromatic carbocycles. The number of aromatic amines is 1. The summed E-state index contributed by atoms with van der Waals surface area (Å²) in [6.07, 6.45) is 1.71. The standard InChI is InChI=1S/C12H11ClFNO/c1-2-3-8-6-11(16)9-4-7(14)5-10(13)12(9)15-8/h4-6H,2-3H2,1H3,(H,15,16). The summed E-state index contributed by atoms with van der Waals surface area (Å²) < 4.78 is 13.1. The van der Waals surface area contributed by atoms with E-state index in [-0.39, 0.29) is 10.5 Å². The van der Waals surface area contributed by atoms with Gasteiger partial charge in [-0.3, -0.25) is 4.79 Å².